The first-order chi connectivity index (χ1) is 8.97. The summed E-state index contributed by atoms with van der Waals surface area (Å²) in [5, 5.41) is 11.8. The van der Waals surface area contributed by atoms with Gasteiger partial charge < -0.3 is 19.9 Å². The zero-order valence-corrected chi connectivity index (χ0v) is 11.8. The molecule has 0 radical (unpaired) electrons. The molecule has 0 saturated heterocycles. The van der Waals surface area contributed by atoms with Gasteiger partial charge in [-0.15, -0.1) is 0 Å². The molecule has 0 heterocycles. The summed E-state index contributed by atoms with van der Waals surface area (Å²) < 4.78 is 10.9. The summed E-state index contributed by atoms with van der Waals surface area (Å²) >= 11 is 0. The highest BCUT2D eigenvalue weighted by atomic mass is 16.5. The van der Waals surface area contributed by atoms with E-state index in [1.807, 2.05) is 32.0 Å². The van der Waals surface area contributed by atoms with Crippen molar-refractivity contribution in [3.8, 4) is 11.5 Å². The van der Waals surface area contributed by atoms with E-state index >= 15 is 0 Å². The molecule has 0 aliphatic heterocycles. The Balaban J connectivity index is 2.90. The molecule has 2 N–H and O–H groups in total. The van der Waals surface area contributed by atoms with Crippen molar-refractivity contribution in [3.05, 3.63) is 23.8 Å². The van der Waals surface area contributed by atoms with Gasteiger partial charge in [0.25, 0.3) is 0 Å². The Morgan fingerprint density at radius 2 is 2.05 bits per heavy atom. The number of ether oxygens (including phenoxy) is 2. The molecule has 1 atom stereocenters. The number of nitrogens with one attached hydrogen (secondary N) is 1. The van der Waals surface area contributed by atoms with Crippen LogP contribution in [-0.2, 0) is 11.2 Å². The first-order valence-electron chi connectivity index (χ1n) is 6.21. The topological polar surface area (TPSA) is 67.8 Å². The lowest BCUT2D eigenvalue weighted by Crippen LogP contribution is -2.35. The molecule has 0 spiro atoms. The summed E-state index contributed by atoms with van der Waals surface area (Å²) in [6, 6.07) is 4.86. The predicted molar refractivity (Wildman–Crippen MR) is 72.9 cm³/mol. The molecule has 1 unspecified atom stereocenters. The second kappa shape index (κ2) is 6.99. The Morgan fingerprint density at radius 3 is 2.53 bits per heavy atom. The Morgan fingerprint density at radius 1 is 1.37 bits per heavy atom. The third kappa shape index (κ3) is 4.44. The van der Waals surface area contributed by atoms with E-state index in [1.54, 1.807) is 14.2 Å². The molecule has 5 heteroatoms. The van der Waals surface area contributed by atoms with Gasteiger partial charge in [0.2, 0.25) is 0 Å². The molecule has 5 nitrogen and oxygen atoms in total. The summed E-state index contributed by atoms with van der Waals surface area (Å²) in [6.45, 7) is 3.88. The predicted octanol–water partition coefficient (Wildman–Crippen LogP) is 1.70. The first kappa shape index (κ1) is 15.3. The number of hydrogen-bond donors (Lipinski definition) is 2. The summed E-state index contributed by atoms with van der Waals surface area (Å²) in [6.07, 6.45) is 0.452. The fourth-order valence-corrected chi connectivity index (χ4v) is 1.74. The molecule has 106 valence electrons. The van der Waals surface area contributed by atoms with Crippen molar-refractivity contribution in [1.82, 2.24) is 5.32 Å². The summed E-state index contributed by atoms with van der Waals surface area (Å²) in [5.41, 5.74) is 0.884. The maximum Gasteiger partial charge on any atom is 0.321 e. The van der Waals surface area contributed by atoms with Gasteiger partial charge in [-0.25, -0.2) is 0 Å². The van der Waals surface area contributed by atoms with Crippen LogP contribution in [0.4, 0.5) is 0 Å². The molecule has 0 aliphatic carbocycles. The lowest BCUT2D eigenvalue weighted by molar-refractivity contribution is -0.139. The molecule has 0 fully saturated rings. The van der Waals surface area contributed by atoms with Crippen LogP contribution in [0.25, 0.3) is 0 Å². The minimum absolute atomic E-state index is 0.0591. The van der Waals surface area contributed by atoms with Crippen LogP contribution in [-0.4, -0.2) is 37.4 Å². The van der Waals surface area contributed by atoms with Gasteiger partial charge in [-0.1, -0.05) is 6.07 Å². The van der Waals surface area contributed by atoms with E-state index in [-0.39, 0.29) is 6.10 Å². The molecule has 0 saturated carbocycles. The van der Waals surface area contributed by atoms with Crippen molar-refractivity contribution in [1.29, 1.82) is 0 Å². The minimum atomic E-state index is -0.871. The standard InChI is InChI=1S/C14H21NO4/c1-9(2)19-12-6-5-10(8-13(12)18-4)7-11(15-3)14(16)17/h5-6,8-9,11,15H,7H2,1-4H3,(H,16,17). The summed E-state index contributed by atoms with van der Waals surface area (Å²) in [5.74, 6) is 0.410. The van der Waals surface area contributed by atoms with Crippen LogP contribution < -0.4 is 14.8 Å². The fraction of sp³-hybridized carbons (Fsp3) is 0.500. The van der Waals surface area contributed by atoms with Crippen LogP contribution in [0.15, 0.2) is 18.2 Å². The van der Waals surface area contributed by atoms with Gasteiger partial charge in [-0.2, -0.15) is 0 Å². The van der Waals surface area contributed by atoms with E-state index in [4.69, 9.17) is 14.6 Å². The SMILES string of the molecule is CNC(Cc1ccc(OC(C)C)c(OC)c1)C(=O)O. The summed E-state index contributed by atoms with van der Waals surface area (Å²) in [7, 11) is 3.20. The molecule has 0 bridgehead atoms. The molecule has 1 rings (SSSR count). The van der Waals surface area contributed by atoms with E-state index in [1.165, 1.54) is 0 Å². The zero-order chi connectivity index (χ0) is 14.4. The smallest absolute Gasteiger partial charge is 0.321 e. The number of hydrogen-bond acceptors (Lipinski definition) is 4. The van der Waals surface area contributed by atoms with Gasteiger partial charge in [0.15, 0.2) is 11.5 Å². The van der Waals surface area contributed by atoms with E-state index in [9.17, 15) is 4.79 Å². The molecule has 0 aliphatic rings. The Kier molecular flexibility index (Phi) is 5.63. The van der Waals surface area contributed by atoms with Crippen molar-refractivity contribution in [2.24, 2.45) is 0 Å². The van der Waals surface area contributed by atoms with Crippen LogP contribution >= 0.6 is 0 Å². The van der Waals surface area contributed by atoms with Crippen molar-refractivity contribution in [2.75, 3.05) is 14.2 Å². The highest BCUT2D eigenvalue weighted by Crippen LogP contribution is 2.29. The second-order valence-electron chi connectivity index (χ2n) is 4.54. The third-order valence-corrected chi connectivity index (χ3v) is 2.68. The normalized spacial score (nSPS) is 12.3. The molecule has 0 amide bonds. The van der Waals surface area contributed by atoms with Crippen LogP contribution in [0.1, 0.15) is 19.4 Å². The second-order valence-corrected chi connectivity index (χ2v) is 4.54. The van der Waals surface area contributed by atoms with Crippen molar-refractivity contribution in [2.45, 2.75) is 32.4 Å². The number of rotatable bonds is 7. The highest BCUT2D eigenvalue weighted by molar-refractivity contribution is 5.73. The van der Waals surface area contributed by atoms with Crippen molar-refractivity contribution in [3.63, 3.8) is 0 Å². The minimum Gasteiger partial charge on any atom is -0.493 e. The van der Waals surface area contributed by atoms with Gasteiger partial charge in [0.1, 0.15) is 6.04 Å². The lowest BCUT2D eigenvalue weighted by Gasteiger charge is -2.16. The number of aliphatic carboxylic acids is 1. The van der Waals surface area contributed by atoms with Crippen LogP contribution in [0.3, 0.4) is 0 Å². The maximum absolute atomic E-state index is 11.0. The largest absolute Gasteiger partial charge is 0.493 e. The fourth-order valence-electron chi connectivity index (χ4n) is 1.74. The van der Waals surface area contributed by atoms with Gasteiger partial charge in [-0.05, 0) is 45.0 Å². The van der Waals surface area contributed by atoms with Crippen molar-refractivity contribution < 1.29 is 19.4 Å². The van der Waals surface area contributed by atoms with Gasteiger partial charge in [0, 0.05) is 0 Å². The number of carboxylic acid groups (broad SMARTS) is 1. The Labute approximate surface area is 113 Å². The lowest BCUT2D eigenvalue weighted by atomic mass is 10.1. The van der Waals surface area contributed by atoms with Gasteiger partial charge in [-0.3, -0.25) is 4.79 Å². The van der Waals surface area contributed by atoms with Crippen LogP contribution in [0.5, 0.6) is 11.5 Å². The summed E-state index contributed by atoms with van der Waals surface area (Å²) in [4.78, 5) is 11.0. The number of likely N-dealkylation sites (N-methyl/N-ethyl adjacent to an activating group) is 1. The van der Waals surface area contributed by atoms with Gasteiger partial charge >= 0.3 is 5.97 Å². The average Bonchev–Trinajstić information content (AvgIpc) is 2.36. The molecule has 1 aromatic rings. The number of carbonyl (C=O) groups is 1. The zero-order valence-electron chi connectivity index (χ0n) is 11.8. The highest BCUT2D eigenvalue weighted by Gasteiger charge is 2.16. The first-order valence-corrected chi connectivity index (χ1v) is 6.21. The third-order valence-electron chi connectivity index (χ3n) is 2.68. The Hall–Kier alpha value is -1.75. The van der Waals surface area contributed by atoms with E-state index in [0.29, 0.717) is 17.9 Å². The molecule has 19 heavy (non-hydrogen) atoms. The van der Waals surface area contributed by atoms with E-state index in [2.05, 4.69) is 5.32 Å². The quantitative estimate of drug-likeness (QED) is 0.787. The van der Waals surface area contributed by atoms with Gasteiger partial charge in [0.05, 0.1) is 13.2 Å². The van der Waals surface area contributed by atoms with Crippen LogP contribution in [0, 0.1) is 0 Å². The Bertz CT molecular complexity index is 431. The van der Waals surface area contributed by atoms with E-state index in [0.717, 1.165) is 5.56 Å². The number of methoxy groups -OCH3 is 1. The number of benzene rings is 1. The average molecular weight is 267 g/mol. The van der Waals surface area contributed by atoms with Crippen LogP contribution in [0.2, 0.25) is 0 Å². The number of carboxylic acids is 1. The maximum atomic E-state index is 11.0. The molecular weight excluding hydrogens is 246 g/mol. The van der Waals surface area contributed by atoms with Crippen molar-refractivity contribution >= 4 is 5.97 Å². The molecule has 1 aromatic carbocycles. The molecular formula is C14H21NO4. The molecule has 0 aromatic heterocycles. The van der Waals surface area contributed by atoms with E-state index < -0.39 is 12.0 Å². The monoisotopic (exact) mass is 267 g/mol.